The van der Waals surface area contributed by atoms with Gasteiger partial charge in [0, 0.05) is 63.6 Å². The average molecular weight is 540 g/mol. The lowest BCUT2D eigenvalue weighted by atomic mass is 9.92. The first-order chi connectivity index (χ1) is 19.0. The Morgan fingerprint density at radius 3 is 2.21 bits per heavy atom. The van der Waals surface area contributed by atoms with Gasteiger partial charge in [0.05, 0.1) is 10.7 Å². The smallest absolute Gasteiger partial charge is 0.324 e. The Balaban J connectivity index is 1.46. The number of amides is 2. The molecule has 7 nitrogen and oxygen atoms in total. The summed E-state index contributed by atoms with van der Waals surface area (Å²) in [6, 6.07) is 23.7. The number of rotatable bonds is 5. The first-order valence-corrected chi connectivity index (χ1v) is 13.5. The van der Waals surface area contributed by atoms with Crippen molar-refractivity contribution >= 4 is 29.1 Å². The maximum Gasteiger partial charge on any atom is 0.324 e. The third kappa shape index (κ3) is 4.91. The number of nitrogens with one attached hydrogen (secondary N) is 1. The molecule has 0 aliphatic carbocycles. The molecule has 2 amide bonds. The van der Waals surface area contributed by atoms with Gasteiger partial charge in [-0.2, -0.15) is 0 Å². The molecule has 0 atom stereocenters. The number of likely N-dealkylation sites (N-methyl/N-ethyl adjacent to an activating group) is 1. The minimum atomic E-state index is -0.0705. The average Bonchev–Trinajstić information content (AvgIpc) is 3.31. The molecule has 6 rings (SSSR count). The predicted molar refractivity (Wildman–Crippen MR) is 158 cm³/mol. The first-order valence-electron chi connectivity index (χ1n) is 13.2. The van der Waals surface area contributed by atoms with Crippen molar-refractivity contribution in [1.82, 2.24) is 15.2 Å². The summed E-state index contributed by atoms with van der Waals surface area (Å²) in [4.78, 5) is 22.8. The zero-order valence-corrected chi connectivity index (χ0v) is 22.5. The number of phenolic OH excluding ortho intramolecular Hbond substituents is 1. The number of piperazine rings is 1. The Morgan fingerprint density at radius 1 is 0.821 bits per heavy atom. The van der Waals surface area contributed by atoms with Crippen LogP contribution in [0.5, 0.6) is 5.75 Å². The standard InChI is InChI=1S/C31H30ClN5O2/c1-35-15-16-37(31(35)39)28-8-7-22(19-27(28)32)25-17-24(21-5-3-2-4-6-21)18-26(30(25)38)23-9-10-34-29(20-23)36-13-11-33-12-14-36/h2-10,17-20,33,38H,11-16H2,1H3. The molecular weight excluding hydrogens is 510 g/mol. The second kappa shape index (κ2) is 10.6. The quantitative estimate of drug-likeness (QED) is 0.339. The number of pyridine rings is 1. The van der Waals surface area contributed by atoms with Gasteiger partial charge in [-0.3, -0.25) is 4.90 Å². The van der Waals surface area contributed by atoms with Crippen molar-refractivity contribution in [2.75, 3.05) is 56.1 Å². The summed E-state index contributed by atoms with van der Waals surface area (Å²) in [5, 5.41) is 15.5. The molecule has 0 radical (unpaired) electrons. The molecule has 0 bridgehead atoms. The van der Waals surface area contributed by atoms with Crippen molar-refractivity contribution < 1.29 is 9.90 Å². The summed E-state index contributed by atoms with van der Waals surface area (Å²) >= 11 is 6.73. The van der Waals surface area contributed by atoms with Gasteiger partial charge in [0.15, 0.2) is 0 Å². The van der Waals surface area contributed by atoms with Gasteiger partial charge >= 0.3 is 6.03 Å². The van der Waals surface area contributed by atoms with Crippen LogP contribution in [0, 0.1) is 0 Å². The minimum Gasteiger partial charge on any atom is -0.507 e. The fourth-order valence-corrected chi connectivity index (χ4v) is 5.57. The van der Waals surface area contributed by atoms with Crippen LogP contribution in [0.3, 0.4) is 0 Å². The Bertz CT molecular complexity index is 1520. The van der Waals surface area contributed by atoms with Gasteiger partial charge in [0.2, 0.25) is 0 Å². The number of carbonyl (C=O) groups is 1. The van der Waals surface area contributed by atoms with Crippen molar-refractivity contribution in [3.05, 3.63) is 84.0 Å². The molecule has 2 aliphatic rings. The minimum absolute atomic E-state index is 0.0705. The number of urea groups is 1. The number of aromatic nitrogens is 1. The summed E-state index contributed by atoms with van der Waals surface area (Å²) in [6.07, 6.45) is 1.80. The molecule has 3 aromatic carbocycles. The molecule has 1 aromatic heterocycles. The van der Waals surface area contributed by atoms with Crippen LogP contribution in [-0.2, 0) is 0 Å². The molecule has 0 unspecified atom stereocenters. The maximum atomic E-state index is 12.6. The van der Waals surface area contributed by atoms with Gasteiger partial charge < -0.3 is 20.2 Å². The number of hydrogen-bond donors (Lipinski definition) is 2. The lowest BCUT2D eigenvalue weighted by Crippen LogP contribution is -2.43. The van der Waals surface area contributed by atoms with Gasteiger partial charge in [-0.05, 0) is 58.7 Å². The Morgan fingerprint density at radius 2 is 1.54 bits per heavy atom. The summed E-state index contributed by atoms with van der Waals surface area (Å²) in [5.41, 5.74) is 5.76. The Kier molecular flexibility index (Phi) is 6.85. The van der Waals surface area contributed by atoms with Crippen LogP contribution in [0.1, 0.15) is 0 Å². The molecule has 2 N–H and O–H groups in total. The van der Waals surface area contributed by atoms with E-state index in [1.54, 1.807) is 23.0 Å². The molecule has 8 heteroatoms. The van der Waals surface area contributed by atoms with E-state index in [4.69, 9.17) is 11.6 Å². The number of halogens is 1. The fourth-order valence-electron chi connectivity index (χ4n) is 5.29. The summed E-state index contributed by atoms with van der Waals surface area (Å²) < 4.78 is 0. The molecule has 2 fully saturated rings. The normalized spacial score (nSPS) is 15.7. The molecule has 2 aliphatic heterocycles. The van der Waals surface area contributed by atoms with Gasteiger partial charge in [-0.15, -0.1) is 0 Å². The molecule has 3 heterocycles. The van der Waals surface area contributed by atoms with Crippen molar-refractivity contribution in [2.24, 2.45) is 0 Å². The largest absolute Gasteiger partial charge is 0.507 e. The summed E-state index contributed by atoms with van der Waals surface area (Å²) in [5.74, 6) is 1.07. The van der Waals surface area contributed by atoms with Gasteiger partial charge in [-0.1, -0.05) is 48.0 Å². The number of carbonyl (C=O) groups excluding carboxylic acids is 1. The van der Waals surface area contributed by atoms with E-state index in [2.05, 4.69) is 27.3 Å². The van der Waals surface area contributed by atoms with E-state index in [1.807, 2.05) is 60.7 Å². The van der Waals surface area contributed by atoms with Crippen LogP contribution in [0.4, 0.5) is 16.3 Å². The predicted octanol–water partition coefficient (Wildman–Crippen LogP) is 5.72. The molecule has 4 aromatic rings. The number of hydrogen-bond acceptors (Lipinski definition) is 5. The van der Waals surface area contributed by atoms with Crippen LogP contribution < -0.4 is 15.1 Å². The van der Waals surface area contributed by atoms with Crippen LogP contribution in [0.15, 0.2) is 79.0 Å². The van der Waals surface area contributed by atoms with E-state index < -0.39 is 0 Å². The molecule has 2 saturated heterocycles. The number of benzene rings is 3. The lowest BCUT2D eigenvalue weighted by Gasteiger charge is -2.28. The van der Waals surface area contributed by atoms with E-state index in [1.165, 1.54) is 0 Å². The van der Waals surface area contributed by atoms with Crippen LogP contribution in [0.2, 0.25) is 5.02 Å². The van der Waals surface area contributed by atoms with Gasteiger partial charge in [-0.25, -0.2) is 9.78 Å². The highest BCUT2D eigenvalue weighted by Gasteiger charge is 2.28. The first kappa shape index (κ1) is 25.2. The zero-order chi connectivity index (χ0) is 26.9. The van der Waals surface area contributed by atoms with E-state index in [0.717, 1.165) is 59.8 Å². The van der Waals surface area contributed by atoms with Crippen LogP contribution in [0.25, 0.3) is 33.4 Å². The topological polar surface area (TPSA) is 71.9 Å². The lowest BCUT2D eigenvalue weighted by molar-refractivity contribution is 0.229. The number of nitrogens with zero attached hydrogens (tertiary/aromatic N) is 4. The summed E-state index contributed by atoms with van der Waals surface area (Å²) in [6.45, 7) is 4.85. The zero-order valence-electron chi connectivity index (χ0n) is 21.8. The van der Waals surface area contributed by atoms with E-state index in [9.17, 15) is 9.90 Å². The van der Waals surface area contributed by atoms with Gasteiger partial charge in [0.25, 0.3) is 0 Å². The maximum absolute atomic E-state index is 12.6. The van der Waals surface area contributed by atoms with Crippen molar-refractivity contribution in [3.63, 3.8) is 0 Å². The summed E-state index contributed by atoms with van der Waals surface area (Å²) in [7, 11) is 1.78. The number of phenols is 1. The van der Waals surface area contributed by atoms with Crippen molar-refractivity contribution in [1.29, 1.82) is 0 Å². The van der Waals surface area contributed by atoms with E-state index in [0.29, 0.717) is 29.4 Å². The molecule has 39 heavy (non-hydrogen) atoms. The second-order valence-corrected chi connectivity index (χ2v) is 10.4. The van der Waals surface area contributed by atoms with E-state index in [-0.39, 0.29) is 11.8 Å². The number of anilines is 2. The van der Waals surface area contributed by atoms with Gasteiger partial charge in [0.1, 0.15) is 11.6 Å². The van der Waals surface area contributed by atoms with Crippen molar-refractivity contribution in [3.8, 4) is 39.1 Å². The van der Waals surface area contributed by atoms with Crippen molar-refractivity contribution in [2.45, 2.75) is 0 Å². The number of aromatic hydroxyl groups is 1. The fraction of sp³-hybridized carbons (Fsp3) is 0.226. The highest BCUT2D eigenvalue weighted by molar-refractivity contribution is 6.34. The monoisotopic (exact) mass is 539 g/mol. The SMILES string of the molecule is CN1CCN(c2ccc(-c3cc(-c4ccccc4)cc(-c4ccnc(N5CCNCC5)c4)c3O)cc2Cl)C1=O. The third-order valence-electron chi connectivity index (χ3n) is 7.48. The van der Waals surface area contributed by atoms with Crippen LogP contribution in [-0.4, -0.2) is 67.3 Å². The van der Waals surface area contributed by atoms with Crippen LogP contribution >= 0.6 is 11.6 Å². The Labute approximate surface area is 233 Å². The molecule has 198 valence electrons. The molecule has 0 spiro atoms. The van der Waals surface area contributed by atoms with E-state index >= 15 is 0 Å². The Hall–Kier alpha value is -4.07. The molecular formula is C31H30ClN5O2. The second-order valence-electron chi connectivity index (χ2n) is 9.95. The third-order valence-corrected chi connectivity index (χ3v) is 7.78. The molecule has 0 saturated carbocycles. The highest BCUT2D eigenvalue weighted by Crippen LogP contribution is 2.44. The highest BCUT2D eigenvalue weighted by atomic mass is 35.5.